The minimum Gasteiger partial charge on any atom is -0.433 e. The normalized spacial score (nSPS) is 23.4. The van der Waals surface area contributed by atoms with Gasteiger partial charge in [-0.1, -0.05) is 31.4 Å². The van der Waals surface area contributed by atoms with Gasteiger partial charge in [0.25, 0.3) is 0 Å². The molecule has 1 aromatic rings. The zero-order valence-electron chi connectivity index (χ0n) is 10.8. The van der Waals surface area contributed by atoms with Crippen LogP contribution in [0.1, 0.15) is 32.6 Å². The molecule has 5 heteroatoms. The average Bonchev–Trinajstić information content (AvgIpc) is 2.35. The van der Waals surface area contributed by atoms with Gasteiger partial charge in [0, 0.05) is 11.7 Å². The number of hydrogen-bond acceptors (Lipinski definition) is 2. The largest absolute Gasteiger partial charge is 0.433 e. The van der Waals surface area contributed by atoms with E-state index in [2.05, 4.69) is 17.0 Å². The van der Waals surface area contributed by atoms with Crippen LogP contribution >= 0.6 is 11.6 Å². The molecule has 0 aromatic heterocycles. The molecule has 0 radical (unpaired) electrons. The van der Waals surface area contributed by atoms with E-state index >= 15 is 0 Å². The lowest BCUT2D eigenvalue weighted by atomic mass is 9.86. The molecule has 0 bridgehead atoms. The summed E-state index contributed by atoms with van der Waals surface area (Å²) >= 11 is 5.93. The van der Waals surface area contributed by atoms with Crippen LogP contribution in [0.3, 0.4) is 0 Å². The van der Waals surface area contributed by atoms with E-state index < -0.39 is 6.61 Å². The zero-order valence-corrected chi connectivity index (χ0v) is 11.6. The highest BCUT2D eigenvalue weighted by atomic mass is 35.5. The Bertz CT molecular complexity index is 428. The number of ether oxygens (including phenoxy) is 1. The van der Waals surface area contributed by atoms with Crippen LogP contribution in [0.25, 0.3) is 0 Å². The standard InChI is InChI=1S/C14H18ClF2NO/c1-9-4-2-3-5-12(9)18-10-6-7-13(11(15)8-10)19-14(16)17/h6-9,12,14,18H,2-5H2,1H3. The predicted molar refractivity (Wildman–Crippen MR) is 73.1 cm³/mol. The molecule has 0 aliphatic heterocycles. The molecule has 0 heterocycles. The summed E-state index contributed by atoms with van der Waals surface area (Å²) in [6, 6.07) is 5.27. The Morgan fingerprint density at radius 3 is 2.68 bits per heavy atom. The second-order valence-electron chi connectivity index (χ2n) is 5.04. The molecule has 2 nitrogen and oxygen atoms in total. The monoisotopic (exact) mass is 289 g/mol. The average molecular weight is 290 g/mol. The molecule has 1 fully saturated rings. The topological polar surface area (TPSA) is 21.3 Å². The lowest BCUT2D eigenvalue weighted by molar-refractivity contribution is -0.0497. The Kier molecular flexibility index (Phi) is 4.86. The predicted octanol–water partition coefficient (Wildman–Crippen LogP) is 4.93. The van der Waals surface area contributed by atoms with Crippen LogP contribution in [0.5, 0.6) is 5.75 Å². The smallest absolute Gasteiger partial charge is 0.387 e. The van der Waals surface area contributed by atoms with Crippen molar-refractivity contribution in [3.63, 3.8) is 0 Å². The lowest BCUT2D eigenvalue weighted by Crippen LogP contribution is -2.30. The van der Waals surface area contributed by atoms with Gasteiger partial charge in [0.15, 0.2) is 0 Å². The Hall–Kier alpha value is -1.03. The molecule has 2 unspecified atom stereocenters. The van der Waals surface area contributed by atoms with Crippen LogP contribution in [0.15, 0.2) is 18.2 Å². The van der Waals surface area contributed by atoms with Crippen molar-refractivity contribution in [1.29, 1.82) is 0 Å². The molecule has 19 heavy (non-hydrogen) atoms. The van der Waals surface area contributed by atoms with Gasteiger partial charge in [0.1, 0.15) is 5.75 Å². The van der Waals surface area contributed by atoms with Gasteiger partial charge in [-0.05, 0) is 37.0 Å². The molecule has 1 N–H and O–H groups in total. The highest BCUT2D eigenvalue weighted by Gasteiger charge is 2.21. The van der Waals surface area contributed by atoms with Crippen molar-refractivity contribution < 1.29 is 13.5 Å². The maximum Gasteiger partial charge on any atom is 0.387 e. The first kappa shape index (κ1) is 14.4. The van der Waals surface area contributed by atoms with Gasteiger partial charge in [-0.3, -0.25) is 0 Å². The third-order valence-corrected chi connectivity index (χ3v) is 3.91. The molecule has 1 aromatic carbocycles. The summed E-state index contributed by atoms with van der Waals surface area (Å²) in [5.74, 6) is 0.628. The van der Waals surface area contributed by atoms with Gasteiger partial charge >= 0.3 is 6.61 Å². The summed E-state index contributed by atoms with van der Waals surface area (Å²) in [6.45, 7) is -0.623. The molecule has 1 aliphatic carbocycles. The first-order valence-corrected chi connectivity index (χ1v) is 6.95. The number of halogens is 3. The van der Waals surface area contributed by atoms with E-state index in [-0.39, 0.29) is 10.8 Å². The first-order chi connectivity index (χ1) is 9.06. The first-order valence-electron chi connectivity index (χ1n) is 6.57. The fourth-order valence-electron chi connectivity index (χ4n) is 2.53. The van der Waals surface area contributed by atoms with Gasteiger partial charge < -0.3 is 10.1 Å². The zero-order chi connectivity index (χ0) is 13.8. The SMILES string of the molecule is CC1CCCCC1Nc1ccc(OC(F)F)c(Cl)c1. The van der Waals surface area contributed by atoms with Gasteiger partial charge in [0.2, 0.25) is 0 Å². The molecule has 2 atom stereocenters. The number of hydrogen-bond donors (Lipinski definition) is 1. The third kappa shape index (κ3) is 3.96. The van der Waals surface area contributed by atoms with Crippen molar-refractivity contribution in [1.82, 2.24) is 0 Å². The van der Waals surface area contributed by atoms with Crippen molar-refractivity contribution in [3.05, 3.63) is 23.2 Å². The van der Waals surface area contributed by atoms with E-state index in [4.69, 9.17) is 11.6 Å². The molecule has 0 saturated heterocycles. The molecule has 1 saturated carbocycles. The van der Waals surface area contributed by atoms with Crippen molar-refractivity contribution in [2.45, 2.75) is 45.3 Å². The van der Waals surface area contributed by atoms with Crippen LogP contribution in [-0.4, -0.2) is 12.7 Å². The fourth-order valence-corrected chi connectivity index (χ4v) is 2.75. The Labute approximate surface area is 117 Å². The number of nitrogens with one attached hydrogen (secondary N) is 1. The molecule has 1 aliphatic rings. The fraction of sp³-hybridized carbons (Fsp3) is 0.571. The van der Waals surface area contributed by atoms with Crippen molar-refractivity contribution in [2.24, 2.45) is 5.92 Å². The highest BCUT2D eigenvalue weighted by molar-refractivity contribution is 6.32. The lowest BCUT2D eigenvalue weighted by Gasteiger charge is -2.30. The van der Waals surface area contributed by atoms with Gasteiger partial charge in [-0.15, -0.1) is 0 Å². The van der Waals surface area contributed by atoms with Crippen LogP contribution < -0.4 is 10.1 Å². The third-order valence-electron chi connectivity index (χ3n) is 3.61. The van der Waals surface area contributed by atoms with Gasteiger partial charge in [-0.25, -0.2) is 0 Å². The molecule has 0 spiro atoms. The van der Waals surface area contributed by atoms with Gasteiger partial charge in [-0.2, -0.15) is 8.78 Å². The number of benzene rings is 1. The highest BCUT2D eigenvalue weighted by Crippen LogP contribution is 2.31. The molecular weight excluding hydrogens is 272 g/mol. The molecule has 106 valence electrons. The summed E-state index contributed by atoms with van der Waals surface area (Å²) in [5.41, 5.74) is 0.852. The summed E-state index contributed by atoms with van der Waals surface area (Å²) < 4.78 is 28.6. The van der Waals surface area contributed by atoms with E-state index in [0.29, 0.717) is 12.0 Å². The van der Waals surface area contributed by atoms with E-state index in [0.717, 1.165) is 12.1 Å². The quantitative estimate of drug-likeness (QED) is 0.848. The number of alkyl halides is 2. The summed E-state index contributed by atoms with van der Waals surface area (Å²) in [4.78, 5) is 0. The Morgan fingerprint density at radius 2 is 2.05 bits per heavy atom. The second kappa shape index (κ2) is 6.42. The minimum atomic E-state index is -2.85. The summed E-state index contributed by atoms with van der Waals surface area (Å²) in [6.07, 6.45) is 4.86. The Morgan fingerprint density at radius 1 is 1.32 bits per heavy atom. The van der Waals surface area contributed by atoms with E-state index in [1.165, 1.54) is 25.3 Å². The van der Waals surface area contributed by atoms with Gasteiger partial charge in [0.05, 0.1) is 5.02 Å². The summed E-state index contributed by atoms with van der Waals surface area (Å²) in [5, 5.41) is 3.63. The summed E-state index contributed by atoms with van der Waals surface area (Å²) in [7, 11) is 0. The molecule has 2 rings (SSSR count). The van der Waals surface area contributed by atoms with Crippen LogP contribution in [0.4, 0.5) is 14.5 Å². The van der Waals surface area contributed by atoms with Crippen molar-refractivity contribution in [2.75, 3.05) is 5.32 Å². The van der Waals surface area contributed by atoms with E-state index in [1.807, 2.05) is 0 Å². The van der Waals surface area contributed by atoms with Crippen LogP contribution in [0.2, 0.25) is 5.02 Å². The maximum atomic E-state index is 12.1. The maximum absolute atomic E-state index is 12.1. The van der Waals surface area contributed by atoms with Crippen molar-refractivity contribution in [3.8, 4) is 5.75 Å². The minimum absolute atomic E-state index is 0.0129. The Balaban J connectivity index is 2.03. The van der Waals surface area contributed by atoms with Crippen molar-refractivity contribution >= 4 is 17.3 Å². The van der Waals surface area contributed by atoms with Crippen LogP contribution in [-0.2, 0) is 0 Å². The van der Waals surface area contributed by atoms with E-state index in [9.17, 15) is 8.78 Å². The number of anilines is 1. The second-order valence-corrected chi connectivity index (χ2v) is 5.44. The molecular formula is C14H18ClF2NO. The molecule has 0 amide bonds. The number of rotatable bonds is 4. The van der Waals surface area contributed by atoms with E-state index in [1.54, 1.807) is 12.1 Å². The van der Waals surface area contributed by atoms with Crippen LogP contribution in [0, 0.1) is 5.92 Å².